The fraction of sp³-hybridized carbons (Fsp3) is 0.0833. The van der Waals surface area contributed by atoms with Gasteiger partial charge in [-0.05, 0) is 41.5 Å². The number of anilines is 1. The monoisotopic (exact) mass is 462 g/mol. The Morgan fingerprint density at radius 1 is 1.09 bits per heavy atom. The second-order valence-corrected chi connectivity index (χ2v) is 7.62. The molecule has 4 rings (SSSR count). The summed E-state index contributed by atoms with van der Waals surface area (Å²) in [5.41, 5.74) is 2.76. The van der Waals surface area contributed by atoms with Crippen LogP contribution in [0.4, 0.5) is 11.4 Å². The summed E-state index contributed by atoms with van der Waals surface area (Å²) in [6.07, 6.45) is 3.32. The van der Waals surface area contributed by atoms with E-state index in [1.807, 2.05) is 30.3 Å². The summed E-state index contributed by atoms with van der Waals surface area (Å²) in [6, 6.07) is 20.4. The third-order valence-corrected chi connectivity index (χ3v) is 5.19. The molecular formula is C24H19ClN4O4. The predicted octanol–water partition coefficient (Wildman–Crippen LogP) is 5.32. The summed E-state index contributed by atoms with van der Waals surface area (Å²) >= 11 is 6.20. The molecule has 1 amide bonds. The number of nitrogens with one attached hydrogen (secondary N) is 1. The second kappa shape index (κ2) is 9.97. The van der Waals surface area contributed by atoms with Crippen molar-refractivity contribution in [1.82, 2.24) is 9.78 Å². The maximum atomic E-state index is 12.7. The highest BCUT2D eigenvalue weighted by atomic mass is 35.5. The number of aromatic nitrogens is 2. The van der Waals surface area contributed by atoms with Crippen LogP contribution in [0.1, 0.15) is 21.5 Å². The average Bonchev–Trinajstić information content (AvgIpc) is 3.26. The standard InChI is InChI=1S/C24H19ClN4O4/c25-23-7-2-1-5-19(23)14-28-15-20(13-26-28)27-24(30)18-6-3-4-17(12-18)16-33-22-10-8-21(9-11-22)29(31)32/h1-13,15H,14,16H2,(H,27,30). The quantitative estimate of drug-likeness (QED) is 0.282. The number of halogens is 1. The normalized spacial score (nSPS) is 10.6. The highest BCUT2D eigenvalue weighted by molar-refractivity contribution is 6.31. The number of hydrogen-bond acceptors (Lipinski definition) is 5. The smallest absolute Gasteiger partial charge is 0.269 e. The molecule has 9 heteroatoms. The Labute approximate surface area is 194 Å². The van der Waals surface area contributed by atoms with Gasteiger partial charge >= 0.3 is 0 Å². The lowest BCUT2D eigenvalue weighted by Crippen LogP contribution is -2.12. The van der Waals surface area contributed by atoms with Crippen molar-refractivity contribution >= 4 is 28.9 Å². The molecule has 0 saturated carbocycles. The third kappa shape index (κ3) is 5.75. The first-order valence-electron chi connectivity index (χ1n) is 10.0. The maximum absolute atomic E-state index is 12.7. The van der Waals surface area contributed by atoms with Crippen LogP contribution in [0.2, 0.25) is 5.02 Å². The van der Waals surface area contributed by atoms with Crippen molar-refractivity contribution in [2.45, 2.75) is 13.2 Å². The van der Waals surface area contributed by atoms with Crippen LogP contribution < -0.4 is 10.1 Å². The van der Waals surface area contributed by atoms with Crippen LogP contribution in [-0.2, 0) is 13.2 Å². The lowest BCUT2D eigenvalue weighted by atomic mass is 10.1. The summed E-state index contributed by atoms with van der Waals surface area (Å²) in [5.74, 6) is 0.228. The van der Waals surface area contributed by atoms with Crippen LogP contribution in [0.5, 0.6) is 5.75 Å². The van der Waals surface area contributed by atoms with Crippen molar-refractivity contribution in [2.24, 2.45) is 0 Å². The number of nitrogens with zero attached hydrogens (tertiary/aromatic N) is 3. The number of ether oxygens (including phenoxy) is 1. The maximum Gasteiger partial charge on any atom is 0.269 e. The Morgan fingerprint density at radius 2 is 1.88 bits per heavy atom. The average molecular weight is 463 g/mol. The molecular weight excluding hydrogens is 444 g/mol. The fourth-order valence-corrected chi connectivity index (χ4v) is 3.35. The Balaban J connectivity index is 1.36. The van der Waals surface area contributed by atoms with Gasteiger partial charge in [0.1, 0.15) is 12.4 Å². The summed E-state index contributed by atoms with van der Waals surface area (Å²) in [5, 5.41) is 18.5. The molecule has 0 aliphatic carbocycles. The zero-order valence-electron chi connectivity index (χ0n) is 17.3. The molecule has 1 N–H and O–H groups in total. The van der Waals surface area contributed by atoms with E-state index in [9.17, 15) is 14.9 Å². The van der Waals surface area contributed by atoms with Gasteiger partial charge in [0.2, 0.25) is 0 Å². The van der Waals surface area contributed by atoms with Gasteiger partial charge in [-0.3, -0.25) is 19.6 Å². The summed E-state index contributed by atoms with van der Waals surface area (Å²) in [6.45, 7) is 0.708. The van der Waals surface area contributed by atoms with E-state index >= 15 is 0 Å². The molecule has 1 heterocycles. The van der Waals surface area contributed by atoms with Crippen LogP contribution in [0.3, 0.4) is 0 Å². The van der Waals surface area contributed by atoms with Gasteiger partial charge < -0.3 is 10.1 Å². The Morgan fingerprint density at radius 3 is 2.64 bits per heavy atom. The van der Waals surface area contributed by atoms with Crippen LogP contribution in [0.25, 0.3) is 0 Å². The minimum absolute atomic E-state index is 0.00351. The van der Waals surface area contributed by atoms with E-state index < -0.39 is 4.92 Å². The molecule has 0 bridgehead atoms. The van der Waals surface area contributed by atoms with Crippen LogP contribution in [-0.4, -0.2) is 20.6 Å². The summed E-state index contributed by atoms with van der Waals surface area (Å²) in [7, 11) is 0. The first-order chi connectivity index (χ1) is 16.0. The first kappa shape index (κ1) is 22.0. The molecule has 0 aliphatic heterocycles. The van der Waals surface area contributed by atoms with E-state index in [2.05, 4.69) is 10.4 Å². The molecule has 1 aromatic heterocycles. The molecule has 0 atom stereocenters. The van der Waals surface area contributed by atoms with Crippen molar-refractivity contribution in [3.8, 4) is 5.75 Å². The van der Waals surface area contributed by atoms with Gasteiger partial charge in [0.15, 0.2) is 0 Å². The van der Waals surface area contributed by atoms with E-state index in [0.717, 1.165) is 11.1 Å². The van der Waals surface area contributed by atoms with Gasteiger partial charge in [0.05, 0.1) is 23.4 Å². The SMILES string of the molecule is O=C(Nc1cnn(Cc2ccccc2Cl)c1)c1cccc(COc2ccc([N+](=O)[O-])cc2)c1. The zero-order valence-corrected chi connectivity index (χ0v) is 18.1. The Bertz CT molecular complexity index is 1290. The van der Waals surface area contributed by atoms with E-state index in [1.54, 1.807) is 35.3 Å². The molecule has 0 fully saturated rings. The summed E-state index contributed by atoms with van der Waals surface area (Å²) < 4.78 is 7.37. The summed E-state index contributed by atoms with van der Waals surface area (Å²) in [4.78, 5) is 23.0. The molecule has 33 heavy (non-hydrogen) atoms. The molecule has 0 unspecified atom stereocenters. The van der Waals surface area contributed by atoms with Gasteiger partial charge in [-0.25, -0.2) is 0 Å². The highest BCUT2D eigenvalue weighted by Crippen LogP contribution is 2.20. The van der Waals surface area contributed by atoms with E-state index in [-0.39, 0.29) is 18.2 Å². The largest absolute Gasteiger partial charge is 0.489 e. The fourth-order valence-electron chi connectivity index (χ4n) is 3.15. The number of rotatable bonds is 8. The van der Waals surface area contributed by atoms with E-state index in [4.69, 9.17) is 16.3 Å². The lowest BCUT2D eigenvalue weighted by molar-refractivity contribution is -0.384. The molecule has 3 aromatic carbocycles. The topological polar surface area (TPSA) is 99.3 Å². The third-order valence-electron chi connectivity index (χ3n) is 4.82. The van der Waals surface area contributed by atoms with Crippen molar-refractivity contribution in [3.05, 3.63) is 117 Å². The Hall–Kier alpha value is -4.17. The van der Waals surface area contributed by atoms with Gasteiger partial charge in [-0.2, -0.15) is 5.10 Å². The zero-order chi connectivity index (χ0) is 23.2. The molecule has 8 nitrogen and oxygen atoms in total. The number of carbonyl (C=O) groups excluding carboxylic acids is 1. The van der Waals surface area contributed by atoms with E-state index in [1.165, 1.54) is 24.3 Å². The number of hydrogen-bond donors (Lipinski definition) is 1. The van der Waals surface area contributed by atoms with E-state index in [0.29, 0.717) is 28.6 Å². The number of benzene rings is 3. The van der Waals surface area contributed by atoms with Crippen molar-refractivity contribution in [2.75, 3.05) is 5.32 Å². The number of carbonyl (C=O) groups is 1. The van der Waals surface area contributed by atoms with Gasteiger partial charge in [-0.15, -0.1) is 0 Å². The minimum Gasteiger partial charge on any atom is -0.489 e. The minimum atomic E-state index is -0.466. The number of non-ortho nitro benzene ring substituents is 1. The lowest BCUT2D eigenvalue weighted by Gasteiger charge is -2.08. The van der Waals surface area contributed by atoms with Crippen molar-refractivity contribution in [1.29, 1.82) is 0 Å². The van der Waals surface area contributed by atoms with Crippen molar-refractivity contribution in [3.63, 3.8) is 0 Å². The molecule has 166 valence electrons. The van der Waals surface area contributed by atoms with Crippen molar-refractivity contribution < 1.29 is 14.5 Å². The molecule has 0 aliphatic rings. The highest BCUT2D eigenvalue weighted by Gasteiger charge is 2.10. The molecule has 4 aromatic rings. The molecule has 0 saturated heterocycles. The van der Waals surface area contributed by atoms with Gasteiger partial charge in [0, 0.05) is 28.9 Å². The van der Waals surface area contributed by atoms with Crippen LogP contribution in [0, 0.1) is 10.1 Å². The van der Waals surface area contributed by atoms with Crippen LogP contribution >= 0.6 is 11.6 Å². The number of nitro groups is 1. The molecule has 0 spiro atoms. The number of nitro benzene ring substituents is 1. The van der Waals surface area contributed by atoms with Gasteiger partial charge in [-0.1, -0.05) is 41.9 Å². The Kier molecular flexibility index (Phi) is 6.66. The molecule has 0 radical (unpaired) electrons. The second-order valence-electron chi connectivity index (χ2n) is 7.21. The predicted molar refractivity (Wildman–Crippen MR) is 125 cm³/mol. The van der Waals surface area contributed by atoms with Gasteiger partial charge in [0.25, 0.3) is 11.6 Å². The first-order valence-corrected chi connectivity index (χ1v) is 10.4. The number of amides is 1. The van der Waals surface area contributed by atoms with Crippen LogP contribution in [0.15, 0.2) is 85.2 Å².